The van der Waals surface area contributed by atoms with E-state index in [1.54, 1.807) is 0 Å². The van der Waals surface area contributed by atoms with Crippen LogP contribution in [0, 0.1) is 5.92 Å². The average molecular weight is 246 g/mol. The number of likely N-dealkylation sites (tertiary alicyclic amines) is 1. The molecule has 1 aliphatic rings. The maximum atomic E-state index is 4.80. The maximum absolute atomic E-state index is 4.80. The number of likely N-dealkylation sites (N-methyl/N-ethyl adjacent to an activating group) is 1. The van der Waals surface area contributed by atoms with Gasteiger partial charge in [0.15, 0.2) is 0 Å². The number of thiazole rings is 1. The van der Waals surface area contributed by atoms with E-state index >= 15 is 0 Å². The summed E-state index contributed by atoms with van der Waals surface area (Å²) in [5, 5.41) is 1.32. The first-order valence-corrected chi connectivity index (χ1v) is 7.08. The van der Waals surface area contributed by atoms with Crippen molar-refractivity contribution in [1.82, 2.24) is 9.88 Å². The number of piperidine rings is 1. The molecule has 1 fully saturated rings. The monoisotopic (exact) mass is 246 g/mol. The molecule has 0 saturated carbocycles. The smallest absolute Gasteiger partial charge is 0.0982 e. The van der Waals surface area contributed by atoms with Gasteiger partial charge in [0.2, 0.25) is 0 Å². The maximum Gasteiger partial charge on any atom is 0.0982 e. The van der Waals surface area contributed by atoms with E-state index in [2.05, 4.69) is 43.1 Å². The van der Waals surface area contributed by atoms with Gasteiger partial charge in [-0.25, -0.2) is 4.98 Å². The third-order valence-electron chi connectivity index (χ3n) is 3.50. The minimum absolute atomic E-state index is 0.626. The van der Waals surface area contributed by atoms with E-state index in [4.69, 9.17) is 4.98 Å². The Kier molecular flexibility index (Phi) is 2.89. The second-order valence-electron chi connectivity index (χ2n) is 5.28. The Morgan fingerprint density at radius 3 is 2.88 bits per heavy atom. The topological polar surface area (TPSA) is 16.1 Å². The Balaban J connectivity index is 1.92. The highest BCUT2D eigenvalue weighted by molar-refractivity contribution is 7.18. The van der Waals surface area contributed by atoms with Crippen LogP contribution in [0.5, 0.6) is 0 Å². The van der Waals surface area contributed by atoms with E-state index in [1.807, 2.05) is 11.3 Å². The van der Waals surface area contributed by atoms with Crippen molar-refractivity contribution in [1.29, 1.82) is 0 Å². The molecule has 2 heterocycles. The minimum Gasteiger partial charge on any atom is -0.305 e. The Hall–Kier alpha value is -0.930. The van der Waals surface area contributed by atoms with Crippen molar-refractivity contribution in [3.05, 3.63) is 29.3 Å². The fourth-order valence-electron chi connectivity index (χ4n) is 2.86. The summed E-state index contributed by atoms with van der Waals surface area (Å²) in [6, 6.07) is 8.46. The molecule has 2 unspecified atom stereocenters. The van der Waals surface area contributed by atoms with Crippen molar-refractivity contribution < 1.29 is 0 Å². The predicted molar refractivity (Wildman–Crippen MR) is 73.6 cm³/mol. The summed E-state index contributed by atoms with van der Waals surface area (Å²) >= 11 is 1.87. The number of hydrogen-bond acceptors (Lipinski definition) is 3. The third-order valence-corrected chi connectivity index (χ3v) is 4.70. The Bertz CT molecular complexity index is 477. The van der Waals surface area contributed by atoms with Crippen LogP contribution in [0.3, 0.4) is 0 Å². The van der Waals surface area contributed by atoms with E-state index in [9.17, 15) is 0 Å². The molecular formula is C14H18N2S. The van der Waals surface area contributed by atoms with Crippen LogP contribution in [-0.2, 0) is 0 Å². The fraction of sp³-hybridized carbons (Fsp3) is 0.500. The molecule has 1 saturated heterocycles. The zero-order valence-corrected chi connectivity index (χ0v) is 11.2. The summed E-state index contributed by atoms with van der Waals surface area (Å²) in [5.41, 5.74) is 1.16. The number of hydrogen-bond donors (Lipinski definition) is 0. The van der Waals surface area contributed by atoms with Crippen molar-refractivity contribution in [3.8, 4) is 0 Å². The molecule has 1 aromatic heterocycles. The van der Waals surface area contributed by atoms with Crippen LogP contribution >= 0.6 is 11.3 Å². The molecule has 0 spiro atoms. The number of fused-ring (bicyclic) bond motifs is 1. The van der Waals surface area contributed by atoms with Gasteiger partial charge in [-0.15, -0.1) is 11.3 Å². The van der Waals surface area contributed by atoms with E-state index in [-0.39, 0.29) is 0 Å². The highest BCUT2D eigenvalue weighted by atomic mass is 32.1. The van der Waals surface area contributed by atoms with Crippen LogP contribution in [-0.4, -0.2) is 30.0 Å². The summed E-state index contributed by atoms with van der Waals surface area (Å²) in [7, 11) is 2.22. The van der Waals surface area contributed by atoms with Crippen molar-refractivity contribution in [2.45, 2.75) is 19.3 Å². The molecule has 0 amide bonds. The van der Waals surface area contributed by atoms with Crippen molar-refractivity contribution >= 4 is 21.6 Å². The van der Waals surface area contributed by atoms with E-state index in [0.29, 0.717) is 5.92 Å². The van der Waals surface area contributed by atoms with Gasteiger partial charge >= 0.3 is 0 Å². The summed E-state index contributed by atoms with van der Waals surface area (Å²) in [6.45, 7) is 4.72. The molecule has 3 heteroatoms. The van der Waals surface area contributed by atoms with Gasteiger partial charge < -0.3 is 4.90 Å². The lowest BCUT2D eigenvalue weighted by molar-refractivity contribution is 0.198. The number of aromatic nitrogens is 1. The van der Waals surface area contributed by atoms with Gasteiger partial charge in [0.05, 0.1) is 15.2 Å². The molecule has 3 rings (SSSR count). The molecule has 0 bridgehead atoms. The number of benzene rings is 1. The molecule has 17 heavy (non-hydrogen) atoms. The van der Waals surface area contributed by atoms with Crippen LogP contribution in [0.4, 0.5) is 0 Å². The lowest BCUT2D eigenvalue weighted by atomic mass is 9.91. The first-order chi connectivity index (χ1) is 8.22. The molecule has 2 atom stereocenters. The first-order valence-electron chi connectivity index (χ1n) is 6.26. The standard InChI is InChI=1S/C14H18N2S/c1-10-7-11(9-16(2)8-10)14-15-12-5-3-4-6-13(12)17-14/h3-6,10-11H,7-9H2,1-2H3. The minimum atomic E-state index is 0.626. The van der Waals surface area contributed by atoms with Crippen molar-refractivity contribution in [3.63, 3.8) is 0 Å². The quantitative estimate of drug-likeness (QED) is 0.767. The Labute approximate surface area is 106 Å². The van der Waals surface area contributed by atoms with Crippen LogP contribution in [0.15, 0.2) is 24.3 Å². The van der Waals surface area contributed by atoms with Crippen LogP contribution in [0.2, 0.25) is 0 Å². The second-order valence-corrected chi connectivity index (χ2v) is 6.34. The van der Waals surface area contributed by atoms with E-state index in [1.165, 1.54) is 22.7 Å². The molecule has 90 valence electrons. The lowest BCUT2D eigenvalue weighted by Crippen LogP contribution is -2.35. The SMILES string of the molecule is CC1CC(c2nc3ccccc3s2)CN(C)C1. The molecule has 0 aliphatic carbocycles. The first kappa shape index (κ1) is 11.2. The Morgan fingerprint density at radius 1 is 1.29 bits per heavy atom. The second kappa shape index (κ2) is 4.39. The predicted octanol–water partition coefficient (Wildman–Crippen LogP) is 3.35. The third kappa shape index (κ3) is 2.22. The van der Waals surface area contributed by atoms with Gasteiger partial charge in [-0.2, -0.15) is 0 Å². The summed E-state index contributed by atoms with van der Waals surface area (Å²) < 4.78 is 1.32. The van der Waals surface area contributed by atoms with Gasteiger partial charge in [0.25, 0.3) is 0 Å². The number of para-hydroxylation sites is 1. The van der Waals surface area contributed by atoms with Gasteiger partial charge in [-0.05, 0) is 31.5 Å². The molecule has 0 N–H and O–H groups in total. The largest absolute Gasteiger partial charge is 0.305 e. The molecule has 2 nitrogen and oxygen atoms in total. The van der Waals surface area contributed by atoms with Gasteiger partial charge in [-0.3, -0.25) is 0 Å². The molecule has 1 aromatic carbocycles. The van der Waals surface area contributed by atoms with Gasteiger partial charge in [-0.1, -0.05) is 19.1 Å². The fourth-order valence-corrected chi connectivity index (χ4v) is 3.93. The van der Waals surface area contributed by atoms with Crippen molar-refractivity contribution in [2.75, 3.05) is 20.1 Å². The number of nitrogens with zero attached hydrogens (tertiary/aromatic N) is 2. The summed E-state index contributed by atoms with van der Waals surface area (Å²) in [5.74, 6) is 1.41. The summed E-state index contributed by atoms with van der Waals surface area (Å²) in [4.78, 5) is 7.23. The normalized spacial score (nSPS) is 26.5. The highest BCUT2D eigenvalue weighted by Crippen LogP contribution is 2.34. The Morgan fingerprint density at radius 2 is 2.12 bits per heavy atom. The molecule has 0 radical (unpaired) electrons. The zero-order chi connectivity index (χ0) is 11.8. The summed E-state index contributed by atoms with van der Waals surface area (Å²) in [6.07, 6.45) is 1.28. The molecule has 2 aromatic rings. The molecule has 1 aliphatic heterocycles. The van der Waals surface area contributed by atoms with Crippen LogP contribution in [0.1, 0.15) is 24.3 Å². The van der Waals surface area contributed by atoms with Crippen LogP contribution in [0.25, 0.3) is 10.2 Å². The molecular weight excluding hydrogens is 228 g/mol. The van der Waals surface area contributed by atoms with Gasteiger partial charge in [0.1, 0.15) is 0 Å². The number of rotatable bonds is 1. The van der Waals surface area contributed by atoms with Gasteiger partial charge in [0, 0.05) is 19.0 Å². The van der Waals surface area contributed by atoms with Crippen molar-refractivity contribution in [2.24, 2.45) is 5.92 Å². The van der Waals surface area contributed by atoms with E-state index in [0.717, 1.165) is 18.0 Å². The average Bonchev–Trinajstić information content (AvgIpc) is 2.71. The lowest BCUT2D eigenvalue weighted by Gasteiger charge is -2.32. The van der Waals surface area contributed by atoms with Crippen LogP contribution < -0.4 is 0 Å². The zero-order valence-electron chi connectivity index (χ0n) is 10.4. The highest BCUT2D eigenvalue weighted by Gasteiger charge is 2.25. The van der Waals surface area contributed by atoms with E-state index < -0.39 is 0 Å².